The Morgan fingerprint density at radius 1 is 1.35 bits per heavy atom. The molecular formula is C12H14N5O3+. The van der Waals surface area contributed by atoms with Gasteiger partial charge in [0.1, 0.15) is 16.5 Å². The molecule has 1 aromatic heterocycles. The van der Waals surface area contributed by atoms with Crippen molar-refractivity contribution in [3.05, 3.63) is 34.9 Å². The highest BCUT2D eigenvalue weighted by molar-refractivity contribution is 5.80. The zero-order chi connectivity index (χ0) is 14.7. The summed E-state index contributed by atoms with van der Waals surface area (Å²) in [5, 5.41) is 18.0. The number of hydrazine groups is 1. The van der Waals surface area contributed by atoms with Gasteiger partial charge in [-0.25, -0.2) is 10.2 Å². The van der Waals surface area contributed by atoms with E-state index in [-0.39, 0.29) is 17.5 Å². The standard InChI is InChI=1S/C12H13N5O3/c1-2-8-10(7-5-3-4-6-9(7)18)11(13)15-12(14-8)16-17(19)20/h3-6H,2H2,1H3,(H4-,13,14,15,16,18,19,20)/p+1. The second-order valence-corrected chi connectivity index (χ2v) is 4.01. The van der Waals surface area contributed by atoms with Gasteiger partial charge in [0, 0.05) is 11.1 Å². The van der Waals surface area contributed by atoms with Crippen LogP contribution in [0.4, 0.5) is 11.8 Å². The minimum Gasteiger partial charge on any atom is -0.507 e. The lowest BCUT2D eigenvalue weighted by molar-refractivity contribution is -0.770. The number of hydrogen-bond acceptors (Lipinski definition) is 5. The third-order valence-electron chi connectivity index (χ3n) is 2.72. The zero-order valence-corrected chi connectivity index (χ0v) is 10.7. The molecule has 0 radical (unpaired) electrons. The third-order valence-corrected chi connectivity index (χ3v) is 2.72. The molecule has 5 N–H and O–H groups in total. The van der Waals surface area contributed by atoms with Crippen LogP contribution in [0.25, 0.3) is 11.1 Å². The zero-order valence-electron chi connectivity index (χ0n) is 10.7. The Morgan fingerprint density at radius 2 is 2.05 bits per heavy atom. The maximum atomic E-state index is 10.5. The summed E-state index contributed by atoms with van der Waals surface area (Å²) < 4.78 is 0. The van der Waals surface area contributed by atoms with E-state index in [1.165, 1.54) is 6.07 Å². The molecule has 8 nitrogen and oxygen atoms in total. The summed E-state index contributed by atoms with van der Waals surface area (Å²) in [4.78, 5) is 18.5. The van der Waals surface area contributed by atoms with Crippen molar-refractivity contribution in [2.75, 3.05) is 11.2 Å². The van der Waals surface area contributed by atoms with Crippen LogP contribution in [0.2, 0.25) is 0 Å². The minimum absolute atomic E-state index is 0.0609. The van der Waals surface area contributed by atoms with Gasteiger partial charge in [0.15, 0.2) is 0 Å². The second-order valence-electron chi connectivity index (χ2n) is 4.01. The summed E-state index contributed by atoms with van der Waals surface area (Å²) in [5.74, 6) is 0.0459. The fraction of sp³-hybridized carbons (Fsp3) is 0.167. The number of aromatic hydroxyl groups is 1. The molecule has 0 fully saturated rings. The van der Waals surface area contributed by atoms with Crippen molar-refractivity contribution in [3.63, 3.8) is 0 Å². The molecule has 2 aromatic rings. The number of hydrogen-bond donors (Lipinski definition) is 4. The van der Waals surface area contributed by atoms with Gasteiger partial charge in [-0.05, 0) is 17.9 Å². The Bertz CT molecular complexity index is 660. The quantitative estimate of drug-likeness (QED) is 0.623. The summed E-state index contributed by atoms with van der Waals surface area (Å²) >= 11 is 0. The Morgan fingerprint density at radius 3 is 2.65 bits per heavy atom. The van der Waals surface area contributed by atoms with Crippen molar-refractivity contribution in [1.29, 1.82) is 0 Å². The number of aryl methyl sites for hydroxylation is 1. The van der Waals surface area contributed by atoms with Gasteiger partial charge >= 0.3 is 5.03 Å². The van der Waals surface area contributed by atoms with Crippen molar-refractivity contribution in [2.24, 2.45) is 0 Å². The summed E-state index contributed by atoms with van der Waals surface area (Å²) in [6.07, 6.45) is 0.509. The molecule has 0 aliphatic heterocycles. The predicted octanol–water partition coefficient (Wildman–Crippen LogP) is 1.49. The number of para-hydroxylation sites is 1. The largest absolute Gasteiger partial charge is 0.507 e. The Hall–Kier alpha value is -2.90. The lowest BCUT2D eigenvalue weighted by atomic mass is 10.0. The van der Waals surface area contributed by atoms with Crippen LogP contribution in [0.3, 0.4) is 0 Å². The monoisotopic (exact) mass is 276 g/mol. The summed E-state index contributed by atoms with van der Waals surface area (Å²) in [6, 6.07) is 6.68. The van der Waals surface area contributed by atoms with E-state index in [1.54, 1.807) is 18.2 Å². The number of benzene rings is 1. The topological polar surface area (TPSA) is 124 Å². The van der Waals surface area contributed by atoms with Gasteiger partial charge in [0.05, 0.1) is 5.69 Å². The number of nitrogens with one attached hydrogen (secondary N) is 1. The fourth-order valence-electron chi connectivity index (χ4n) is 1.90. The van der Waals surface area contributed by atoms with E-state index in [2.05, 4.69) is 9.97 Å². The Balaban J connectivity index is 2.59. The average Bonchev–Trinajstić information content (AvgIpc) is 2.38. The lowest BCUT2D eigenvalue weighted by Crippen LogP contribution is -2.15. The van der Waals surface area contributed by atoms with Gasteiger partial charge in [-0.3, -0.25) is 0 Å². The summed E-state index contributed by atoms with van der Waals surface area (Å²) in [6.45, 7) is 1.85. The number of aromatic nitrogens is 2. The van der Waals surface area contributed by atoms with E-state index in [9.17, 15) is 10.0 Å². The van der Waals surface area contributed by atoms with Crippen molar-refractivity contribution >= 4 is 11.8 Å². The van der Waals surface area contributed by atoms with Gasteiger partial charge in [0.25, 0.3) is 5.95 Å². The molecule has 8 heteroatoms. The van der Waals surface area contributed by atoms with Crippen LogP contribution in [0.1, 0.15) is 12.6 Å². The first-order chi connectivity index (χ1) is 9.52. The highest BCUT2D eigenvalue weighted by Crippen LogP contribution is 2.34. The van der Waals surface area contributed by atoms with Crippen LogP contribution in [0, 0.1) is 4.91 Å². The molecule has 0 atom stereocenters. The number of rotatable bonds is 4. The van der Waals surface area contributed by atoms with Crippen LogP contribution < -0.4 is 11.2 Å². The molecule has 0 amide bonds. The number of nitrogens with zero attached hydrogens (tertiary/aromatic N) is 3. The maximum Gasteiger partial charge on any atom is 0.362 e. The normalized spacial score (nSPS) is 10.2. The van der Waals surface area contributed by atoms with E-state index in [0.29, 0.717) is 23.2 Å². The number of phenols is 1. The van der Waals surface area contributed by atoms with Gasteiger partial charge in [0.2, 0.25) is 0 Å². The smallest absolute Gasteiger partial charge is 0.362 e. The van der Waals surface area contributed by atoms with Gasteiger partial charge in [-0.15, -0.1) is 0 Å². The fourth-order valence-corrected chi connectivity index (χ4v) is 1.90. The van der Waals surface area contributed by atoms with Crippen molar-refractivity contribution in [1.82, 2.24) is 9.97 Å². The number of phenolic OH excluding ortho intramolecular Hbond substituents is 1. The van der Waals surface area contributed by atoms with E-state index < -0.39 is 5.03 Å². The molecule has 0 unspecified atom stereocenters. The molecule has 20 heavy (non-hydrogen) atoms. The molecule has 104 valence electrons. The highest BCUT2D eigenvalue weighted by atomic mass is 16.7. The van der Waals surface area contributed by atoms with Gasteiger partial charge in [-0.1, -0.05) is 25.1 Å². The van der Waals surface area contributed by atoms with E-state index in [1.807, 2.05) is 12.3 Å². The lowest BCUT2D eigenvalue weighted by Gasteiger charge is -2.11. The summed E-state index contributed by atoms with van der Waals surface area (Å²) in [5.41, 5.74) is 9.41. The molecule has 2 rings (SSSR count). The minimum atomic E-state index is -0.506. The first kappa shape index (κ1) is 13.5. The SMILES string of the molecule is CCc1nc(N[N+](=O)O)nc(N)c1-c1ccccc1O. The first-order valence-corrected chi connectivity index (χ1v) is 5.90. The summed E-state index contributed by atoms with van der Waals surface area (Å²) in [7, 11) is 0. The van der Waals surface area contributed by atoms with Gasteiger partial charge < -0.3 is 10.8 Å². The first-order valence-electron chi connectivity index (χ1n) is 5.90. The van der Waals surface area contributed by atoms with Crippen LogP contribution in [0.15, 0.2) is 24.3 Å². The molecule has 0 spiro atoms. The van der Waals surface area contributed by atoms with Crippen molar-refractivity contribution < 1.29 is 15.3 Å². The average molecular weight is 276 g/mol. The number of anilines is 2. The Labute approximate surface area is 114 Å². The van der Waals surface area contributed by atoms with Gasteiger partial charge in [-0.2, -0.15) is 4.98 Å². The number of nitrogen functional groups attached to an aromatic ring is 1. The van der Waals surface area contributed by atoms with Crippen LogP contribution in [-0.4, -0.2) is 25.3 Å². The number of nitrogens with two attached hydrogens (primary N) is 1. The molecule has 0 saturated heterocycles. The van der Waals surface area contributed by atoms with E-state index in [0.717, 1.165) is 0 Å². The molecule has 1 heterocycles. The predicted molar refractivity (Wildman–Crippen MR) is 72.0 cm³/mol. The van der Waals surface area contributed by atoms with Crippen LogP contribution in [0.5, 0.6) is 5.75 Å². The molecule has 1 aromatic carbocycles. The third kappa shape index (κ3) is 2.58. The van der Waals surface area contributed by atoms with E-state index >= 15 is 0 Å². The van der Waals surface area contributed by atoms with E-state index in [4.69, 9.17) is 10.9 Å². The van der Waals surface area contributed by atoms with Crippen molar-refractivity contribution in [3.8, 4) is 16.9 Å². The Kier molecular flexibility index (Phi) is 3.65. The van der Waals surface area contributed by atoms with Crippen molar-refractivity contribution in [2.45, 2.75) is 13.3 Å². The molecule has 0 aliphatic carbocycles. The van der Waals surface area contributed by atoms with Crippen LogP contribution >= 0.6 is 0 Å². The molecular weight excluding hydrogens is 262 g/mol. The molecule has 0 bridgehead atoms. The molecule has 0 saturated carbocycles. The maximum absolute atomic E-state index is 10.5. The van der Waals surface area contributed by atoms with Crippen LogP contribution in [-0.2, 0) is 6.42 Å². The second kappa shape index (κ2) is 5.39. The molecule has 0 aliphatic rings. The highest BCUT2D eigenvalue weighted by Gasteiger charge is 2.18.